The zero-order chi connectivity index (χ0) is 20.1. The zero-order valence-electron chi connectivity index (χ0n) is 15.5. The average Bonchev–Trinajstić information content (AvgIpc) is 2.71. The van der Waals surface area contributed by atoms with Crippen molar-refractivity contribution in [2.45, 2.75) is 26.3 Å². The summed E-state index contributed by atoms with van der Waals surface area (Å²) in [5, 5.41) is 5.20. The normalized spacial score (nSPS) is 16.4. The highest BCUT2D eigenvalue weighted by Gasteiger charge is 2.32. The number of esters is 2. The van der Waals surface area contributed by atoms with E-state index in [-0.39, 0.29) is 24.5 Å². The molecule has 0 fully saturated rings. The number of carbonyl (C=O) groups is 3. The lowest BCUT2D eigenvalue weighted by Crippen LogP contribution is -2.51. The van der Waals surface area contributed by atoms with E-state index in [1.807, 2.05) is 6.92 Å². The van der Waals surface area contributed by atoms with Gasteiger partial charge in [-0.15, -0.1) is 0 Å². The molecule has 1 aliphatic heterocycles. The van der Waals surface area contributed by atoms with E-state index >= 15 is 0 Å². The lowest BCUT2D eigenvalue weighted by Gasteiger charge is -2.28. The number of hydrogen-bond donors (Lipinski definition) is 2. The number of ether oxygens (including phenoxy) is 2. The lowest BCUT2D eigenvalue weighted by molar-refractivity contribution is -0.139. The number of fused-ring (bicyclic) bond motifs is 1. The molecule has 2 N–H and O–H groups in total. The topological polar surface area (TPSA) is 120 Å². The third-order valence-corrected chi connectivity index (χ3v) is 4.20. The van der Waals surface area contributed by atoms with Gasteiger partial charge in [-0.3, -0.25) is 9.97 Å². The summed E-state index contributed by atoms with van der Waals surface area (Å²) in [6.45, 7) is 3.44. The fraction of sp³-hybridized carbons (Fsp3) is 0.316. The fourth-order valence-corrected chi connectivity index (χ4v) is 2.89. The number of aromatic nitrogens is 2. The standard InChI is InChI=1S/C19H20N4O5/c1-3-12-16(18(25)27-4-2)15(23-19(26)22-12)10-28-17(24)11-5-6-13-14(9-11)21-8-7-20-13/h5-9,12H,3-4,10H2,1-2H3,(H2,22,23,26)/t12-/m0/s1. The molecule has 9 nitrogen and oxygen atoms in total. The van der Waals surface area contributed by atoms with Crippen LogP contribution in [0.25, 0.3) is 11.0 Å². The second-order valence-corrected chi connectivity index (χ2v) is 6.01. The number of nitrogens with zero attached hydrogens (tertiary/aromatic N) is 2. The average molecular weight is 384 g/mol. The molecule has 0 spiro atoms. The van der Waals surface area contributed by atoms with Crippen LogP contribution in [0, 0.1) is 0 Å². The SMILES string of the molecule is CCOC(=O)C1=C(COC(=O)c2ccc3nccnc3c2)NC(=O)N[C@H]1CC. The molecule has 0 unspecified atom stereocenters. The Kier molecular flexibility index (Phi) is 5.83. The Morgan fingerprint density at radius 3 is 2.54 bits per heavy atom. The molecule has 2 aromatic rings. The Bertz CT molecular complexity index is 956. The van der Waals surface area contributed by atoms with Crippen molar-refractivity contribution in [3.8, 4) is 0 Å². The minimum absolute atomic E-state index is 0.192. The molecule has 9 heteroatoms. The second kappa shape index (κ2) is 8.47. The molecule has 0 aliphatic carbocycles. The van der Waals surface area contributed by atoms with Gasteiger partial charge >= 0.3 is 18.0 Å². The van der Waals surface area contributed by atoms with Gasteiger partial charge in [-0.2, -0.15) is 0 Å². The Morgan fingerprint density at radius 2 is 1.82 bits per heavy atom. The second-order valence-electron chi connectivity index (χ2n) is 6.01. The smallest absolute Gasteiger partial charge is 0.338 e. The van der Waals surface area contributed by atoms with Crippen molar-refractivity contribution in [2.75, 3.05) is 13.2 Å². The molecule has 1 aromatic carbocycles. The molecule has 0 bridgehead atoms. The third-order valence-electron chi connectivity index (χ3n) is 4.20. The van der Waals surface area contributed by atoms with Crippen LogP contribution in [0.4, 0.5) is 4.79 Å². The van der Waals surface area contributed by atoms with Gasteiger partial charge in [-0.1, -0.05) is 6.92 Å². The number of carbonyl (C=O) groups excluding carboxylic acids is 3. The summed E-state index contributed by atoms with van der Waals surface area (Å²) in [7, 11) is 0. The van der Waals surface area contributed by atoms with E-state index in [1.165, 1.54) is 6.20 Å². The first-order chi connectivity index (χ1) is 13.5. The number of benzene rings is 1. The van der Waals surface area contributed by atoms with Gasteiger partial charge in [0.2, 0.25) is 0 Å². The Morgan fingerprint density at radius 1 is 1.07 bits per heavy atom. The van der Waals surface area contributed by atoms with Gasteiger partial charge in [0.05, 0.1) is 40.5 Å². The summed E-state index contributed by atoms with van der Waals surface area (Å²) in [5.41, 5.74) is 1.97. The first-order valence-corrected chi connectivity index (χ1v) is 8.89. The highest BCUT2D eigenvalue weighted by Crippen LogP contribution is 2.18. The largest absolute Gasteiger partial charge is 0.463 e. The van der Waals surface area contributed by atoms with Gasteiger partial charge in [0.1, 0.15) is 6.61 Å². The molecule has 146 valence electrons. The maximum Gasteiger partial charge on any atom is 0.338 e. The van der Waals surface area contributed by atoms with Crippen molar-refractivity contribution in [3.05, 3.63) is 47.4 Å². The first-order valence-electron chi connectivity index (χ1n) is 8.89. The molecule has 1 atom stereocenters. The van der Waals surface area contributed by atoms with E-state index in [1.54, 1.807) is 31.3 Å². The van der Waals surface area contributed by atoms with Crippen LogP contribution in [0.1, 0.15) is 30.6 Å². The molecule has 0 saturated carbocycles. The third kappa shape index (κ3) is 4.08. The maximum absolute atomic E-state index is 12.4. The predicted molar refractivity (Wildman–Crippen MR) is 99.2 cm³/mol. The van der Waals surface area contributed by atoms with E-state index in [0.717, 1.165) is 0 Å². The van der Waals surface area contributed by atoms with Crippen molar-refractivity contribution < 1.29 is 23.9 Å². The number of hydrogen-bond acceptors (Lipinski definition) is 7. The van der Waals surface area contributed by atoms with Gasteiger partial charge in [0.25, 0.3) is 0 Å². The minimum atomic E-state index is -0.607. The molecule has 2 amide bonds. The van der Waals surface area contributed by atoms with Gasteiger partial charge in [-0.25, -0.2) is 14.4 Å². The molecule has 0 saturated heterocycles. The van der Waals surface area contributed by atoms with Crippen molar-refractivity contribution in [1.29, 1.82) is 0 Å². The van der Waals surface area contributed by atoms with Crippen LogP contribution in [0.2, 0.25) is 0 Å². The van der Waals surface area contributed by atoms with Crippen LogP contribution in [0.3, 0.4) is 0 Å². The number of nitrogens with one attached hydrogen (secondary N) is 2. The molecule has 3 rings (SSSR count). The quantitative estimate of drug-likeness (QED) is 0.727. The molecular weight excluding hydrogens is 364 g/mol. The van der Waals surface area contributed by atoms with Crippen LogP contribution < -0.4 is 10.6 Å². The summed E-state index contributed by atoms with van der Waals surface area (Å²) in [5.74, 6) is -1.17. The number of rotatable bonds is 6. The molecule has 0 radical (unpaired) electrons. The number of amides is 2. The highest BCUT2D eigenvalue weighted by molar-refractivity contribution is 5.96. The highest BCUT2D eigenvalue weighted by atomic mass is 16.5. The van der Waals surface area contributed by atoms with E-state index in [2.05, 4.69) is 20.6 Å². The summed E-state index contributed by atoms with van der Waals surface area (Å²) >= 11 is 0. The Labute approximate surface area is 161 Å². The summed E-state index contributed by atoms with van der Waals surface area (Å²) < 4.78 is 10.4. The summed E-state index contributed by atoms with van der Waals surface area (Å²) in [6, 6.07) is 3.84. The van der Waals surface area contributed by atoms with Crippen LogP contribution >= 0.6 is 0 Å². The minimum Gasteiger partial charge on any atom is -0.463 e. The van der Waals surface area contributed by atoms with Crippen molar-refractivity contribution >= 4 is 29.0 Å². The van der Waals surface area contributed by atoms with Gasteiger partial charge < -0.3 is 20.1 Å². The van der Waals surface area contributed by atoms with Crippen LogP contribution in [0.15, 0.2) is 41.9 Å². The molecule has 1 aromatic heterocycles. The van der Waals surface area contributed by atoms with E-state index < -0.39 is 24.0 Å². The Balaban J connectivity index is 1.81. The molecule has 28 heavy (non-hydrogen) atoms. The summed E-state index contributed by atoms with van der Waals surface area (Å²) in [4.78, 5) is 44.9. The monoisotopic (exact) mass is 384 g/mol. The van der Waals surface area contributed by atoms with Crippen molar-refractivity contribution in [3.63, 3.8) is 0 Å². The van der Waals surface area contributed by atoms with E-state index in [0.29, 0.717) is 23.0 Å². The first kappa shape index (κ1) is 19.3. The van der Waals surface area contributed by atoms with E-state index in [9.17, 15) is 14.4 Å². The van der Waals surface area contributed by atoms with E-state index in [4.69, 9.17) is 9.47 Å². The van der Waals surface area contributed by atoms with Crippen LogP contribution in [-0.2, 0) is 14.3 Å². The van der Waals surface area contributed by atoms with Gasteiger partial charge in [0, 0.05) is 12.4 Å². The maximum atomic E-state index is 12.4. The number of urea groups is 1. The Hall–Kier alpha value is -3.49. The van der Waals surface area contributed by atoms with Gasteiger partial charge in [0.15, 0.2) is 0 Å². The zero-order valence-corrected chi connectivity index (χ0v) is 15.5. The molecular formula is C19H20N4O5. The summed E-state index contributed by atoms with van der Waals surface area (Å²) in [6.07, 6.45) is 3.58. The van der Waals surface area contributed by atoms with Crippen molar-refractivity contribution in [2.24, 2.45) is 0 Å². The molecule has 2 heterocycles. The van der Waals surface area contributed by atoms with Crippen molar-refractivity contribution in [1.82, 2.24) is 20.6 Å². The molecule has 1 aliphatic rings. The fourth-order valence-electron chi connectivity index (χ4n) is 2.89. The lowest BCUT2D eigenvalue weighted by atomic mass is 10.0. The van der Waals surface area contributed by atoms with Gasteiger partial charge in [-0.05, 0) is 31.5 Å². The predicted octanol–water partition coefficient (Wildman–Crippen LogP) is 1.70. The van der Waals surface area contributed by atoms with Crippen LogP contribution in [-0.4, -0.2) is 47.2 Å². The van der Waals surface area contributed by atoms with Crippen LogP contribution in [0.5, 0.6) is 0 Å².